The van der Waals surface area contributed by atoms with Crippen LogP contribution in [0.25, 0.3) is 16.8 Å². The molecule has 150 valence electrons. The Morgan fingerprint density at radius 2 is 1.79 bits per heavy atom. The van der Waals surface area contributed by atoms with Crippen LogP contribution in [0.15, 0.2) is 40.1 Å². The van der Waals surface area contributed by atoms with Crippen molar-refractivity contribution in [3.8, 4) is 0 Å². The molecule has 5 heteroatoms. The first kappa shape index (κ1) is 20.5. The molecule has 0 spiro atoms. The van der Waals surface area contributed by atoms with Crippen LogP contribution in [0.1, 0.15) is 32.4 Å². The highest BCUT2D eigenvalue weighted by molar-refractivity contribution is 5.95. The molecule has 2 heterocycles. The molecular weight excluding hydrogens is 348 g/mol. The van der Waals surface area contributed by atoms with E-state index in [2.05, 4.69) is 33.4 Å². The number of hydrogen-bond donors (Lipinski definition) is 1. The van der Waals surface area contributed by atoms with Crippen molar-refractivity contribution < 1.29 is 0 Å². The van der Waals surface area contributed by atoms with Crippen LogP contribution >= 0.6 is 0 Å². The van der Waals surface area contributed by atoms with Gasteiger partial charge >= 0.3 is 0 Å². The number of fused-ring (bicyclic) bond motifs is 1. The van der Waals surface area contributed by atoms with E-state index in [-0.39, 0.29) is 5.56 Å². The Morgan fingerprint density at radius 3 is 2.36 bits per heavy atom. The van der Waals surface area contributed by atoms with Crippen LogP contribution in [0, 0.1) is 5.92 Å². The van der Waals surface area contributed by atoms with Gasteiger partial charge < -0.3 is 14.8 Å². The molecule has 1 saturated carbocycles. The molecule has 1 aliphatic carbocycles. The first-order valence-corrected chi connectivity index (χ1v) is 10.3. The van der Waals surface area contributed by atoms with Crippen molar-refractivity contribution in [1.82, 2.24) is 14.8 Å². The van der Waals surface area contributed by atoms with Gasteiger partial charge in [0.2, 0.25) is 0 Å². The highest BCUT2D eigenvalue weighted by Crippen LogP contribution is 2.30. The maximum Gasteiger partial charge on any atom is 0.256 e. The van der Waals surface area contributed by atoms with Crippen molar-refractivity contribution in [3.63, 3.8) is 0 Å². The van der Waals surface area contributed by atoms with Gasteiger partial charge in [-0.2, -0.15) is 0 Å². The molecule has 1 saturated heterocycles. The summed E-state index contributed by atoms with van der Waals surface area (Å²) in [7, 11) is 0. The summed E-state index contributed by atoms with van der Waals surface area (Å²) in [6.45, 7) is 15.5. The molecule has 0 radical (unpaired) electrons. The fraction of sp³-hybridized carbons (Fsp3) is 0.478. The fourth-order valence-electron chi connectivity index (χ4n) is 3.69. The van der Waals surface area contributed by atoms with E-state index in [1.807, 2.05) is 37.3 Å². The summed E-state index contributed by atoms with van der Waals surface area (Å²) in [5.41, 5.74) is 1.31. The summed E-state index contributed by atoms with van der Waals surface area (Å²) < 4.78 is 0. The third-order valence-electron chi connectivity index (χ3n) is 5.55. The zero-order valence-corrected chi connectivity index (χ0v) is 17.2. The number of nitrogens with one attached hydrogen (secondary N) is 1. The molecule has 2 aliphatic rings. The predicted molar refractivity (Wildman–Crippen MR) is 120 cm³/mol. The number of hydrogen-bond acceptors (Lipinski definition) is 4. The highest BCUT2D eigenvalue weighted by atomic mass is 16.1. The third-order valence-corrected chi connectivity index (χ3v) is 5.55. The number of pyridine rings is 1. The number of rotatable bonds is 5. The summed E-state index contributed by atoms with van der Waals surface area (Å²) in [5, 5.41) is 1.47. The van der Waals surface area contributed by atoms with Gasteiger partial charge in [-0.05, 0) is 51.1 Å². The van der Waals surface area contributed by atoms with E-state index < -0.39 is 0 Å². The van der Waals surface area contributed by atoms with Gasteiger partial charge in [-0.1, -0.05) is 31.2 Å². The Hall–Kier alpha value is -2.24. The molecule has 0 amide bonds. The monoisotopic (exact) mass is 380 g/mol. The second kappa shape index (κ2) is 9.80. The molecule has 0 unspecified atom stereocenters. The molecule has 2 aromatic rings. The van der Waals surface area contributed by atoms with Crippen molar-refractivity contribution >= 4 is 29.3 Å². The molecule has 5 nitrogen and oxygen atoms in total. The number of aliphatic imine (C=N–C) groups is 1. The number of likely N-dealkylation sites (N-methyl/N-ethyl adjacent to an activating group) is 1. The number of allylic oxidation sites excluding steroid dienone is 1. The lowest BCUT2D eigenvalue weighted by Crippen LogP contribution is -2.46. The zero-order chi connectivity index (χ0) is 19.9. The number of nitrogens with zero attached hydrogens (tertiary/aromatic N) is 3. The van der Waals surface area contributed by atoms with E-state index in [4.69, 9.17) is 0 Å². The van der Waals surface area contributed by atoms with E-state index in [1.54, 1.807) is 6.07 Å². The normalized spacial score (nSPS) is 18.2. The van der Waals surface area contributed by atoms with Gasteiger partial charge in [0.15, 0.2) is 0 Å². The average molecular weight is 381 g/mol. The van der Waals surface area contributed by atoms with Gasteiger partial charge in [0.1, 0.15) is 0 Å². The minimum atomic E-state index is -0.101. The number of H-pyrrole nitrogens is 1. The summed E-state index contributed by atoms with van der Waals surface area (Å²) in [4.78, 5) is 23.8. The molecule has 1 aromatic heterocycles. The van der Waals surface area contributed by atoms with Crippen LogP contribution in [-0.2, 0) is 0 Å². The molecule has 1 aromatic carbocycles. The van der Waals surface area contributed by atoms with E-state index in [0.717, 1.165) is 11.3 Å². The minimum absolute atomic E-state index is 0.101. The van der Waals surface area contributed by atoms with E-state index in [9.17, 15) is 4.79 Å². The highest BCUT2D eigenvalue weighted by Gasteiger charge is 2.25. The largest absolute Gasteiger partial charge is 0.320 e. The van der Waals surface area contributed by atoms with E-state index in [0.29, 0.717) is 16.8 Å². The second-order valence-electron chi connectivity index (χ2n) is 7.60. The van der Waals surface area contributed by atoms with Crippen LogP contribution in [0.5, 0.6) is 0 Å². The topological polar surface area (TPSA) is 51.7 Å². The number of benzene rings is 1. The Kier molecular flexibility index (Phi) is 7.18. The smallest absolute Gasteiger partial charge is 0.256 e. The maximum absolute atomic E-state index is 11.8. The lowest BCUT2D eigenvalue weighted by molar-refractivity contribution is 0.133. The molecule has 0 bridgehead atoms. The van der Waals surface area contributed by atoms with Crippen molar-refractivity contribution in [3.05, 3.63) is 46.4 Å². The quantitative estimate of drug-likeness (QED) is 0.800. The second-order valence-corrected chi connectivity index (χ2v) is 7.60. The molecule has 1 aliphatic heterocycles. The Bertz CT molecular complexity index is 874. The SMILES string of the molecule is C=Nc1c(/C=C\C)[nH]c(=O)c2ccccc12.CCN1CCN(CC2CC2)CC1. The van der Waals surface area contributed by atoms with Gasteiger partial charge in [-0.15, -0.1) is 0 Å². The Labute approximate surface area is 167 Å². The molecule has 28 heavy (non-hydrogen) atoms. The molecule has 2 fully saturated rings. The summed E-state index contributed by atoms with van der Waals surface area (Å²) in [5.74, 6) is 1.07. The number of aromatic nitrogens is 1. The molecule has 1 N–H and O–H groups in total. The van der Waals surface area contributed by atoms with Crippen LogP contribution in [0.3, 0.4) is 0 Å². The van der Waals surface area contributed by atoms with Gasteiger partial charge in [0, 0.05) is 43.5 Å². The lowest BCUT2D eigenvalue weighted by Gasteiger charge is -2.33. The van der Waals surface area contributed by atoms with Gasteiger partial charge in [-0.25, -0.2) is 0 Å². The standard InChI is InChI=1S/C13H12N2O.C10H20N2/c1-3-6-11-12(14-2)9-7-4-5-8-10(9)13(16)15-11;1-2-11-5-7-12(8-6-11)9-10-3-4-10/h3-8H,2H2,1H3,(H,15,16);10H,2-9H2,1H3/b6-3-;. The first-order chi connectivity index (χ1) is 13.7. The third kappa shape index (κ3) is 5.18. The first-order valence-electron chi connectivity index (χ1n) is 10.3. The lowest BCUT2D eigenvalue weighted by atomic mass is 10.1. The molecule has 4 rings (SSSR count). The van der Waals surface area contributed by atoms with Crippen molar-refractivity contribution in [2.24, 2.45) is 10.9 Å². The van der Waals surface area contributed by atoms with Crippen LogP contribution < -0.4 is 5.56 Å². The van der Waals surface area contributed by atoms with Crippen LogP contribution in [-0.4, -0.2) is 60.8 Å². The van der Waals surface area contributed by atoms with Crippen molar-refractivity contribution in [2.45, 2.75) is 26.7 Å². The summed E-state index contributed by atoms with van der Waals surface area (Å²) in [6, 6.07) is 7.37. The predicted octanol–water partition coefficient (Wildman–Crippen LogP) is 3.93. The fourth-order valence-corrected chi connectivity index (χ4v) is 3.69. The van der Waals surface area contributed by atoms with Gasteiger partial charge in [0.25, 0.3) is 5.56 Å². The van der Waals surface area contributed by atoms with Gasteiger partial charge in [-0.3, -0.25) is 9.79 Å². The van der Waals surface area contributed by atoms with E-state index >= 15 is 0 Å². The van der Waals surface area contributed by atoms with Gasteiger partial charge in [0.05, 0.1) is 11.4 Å². The minimum Gasteiger partial charge on any atom is -0.320 e. The molecule has 0 atom stereocenters. The van der Waals surface area contributed by atoms with Crippen molar-refractivity contribution in [1.29, 1.82) is 0 Å². The zero-order valence-electron chi connectivity index (χ0n) is 17.2. The van der Waals surface area contributed by atoms with Crippen LogP contribution in [0.2, 0.25) is 0 Å². The number of aromatic amines is 1. The average Bonchev–Trinajstić information content (AvgIpc) is 3.54. The summed E-state index contributed by atoms with van der Waals surface area (Å²) in [6.07, 6.45) is 6.66. The van der Waals surface area contributed by atoms with Crippen molar-refractivity contribution in [2.75, 3.05) is 39.3 Å². The Morgan fingerprint density at radius 1 is 1.14 bits per heavy atom. The molecular formula is C23H32N4O. The Balaban J connectivity index is 0.000000167. The van der Waals surface area contributed by atoms with E-state index in [1.165, 1.54) is 52.1 Å². The summed E-state index contributed by atoms with van der Waals surface area (Å²) >= 11 is 0. The maximum atomic E-state index is 11.8. The number of piperazine rings is 1. The van der Waals surface area contributed by atoms with Crippen LogP contribution in [0.4, 0.5) is 5.69 Å².